The molecule has 62 valence electrons. The zero-order valence-electron chi connectivity index (χ0n) is 7.02. The molecule has 0 aromatic carbocycles. The third-order valence-corrected chi connectivity index (χ3v) is 3.41. The van der Waals surface area contributed by atoms with E-state index in [0.717, 1.165) is 10.3 Å². The third-order valence-electron chi connectivity index (χ3n) is 1.56. The van der Waals surface area contributed by atoms with E-state index in [1.807, 2.05) is 0 Å². The number of thiazole rings is 1. The molecule has 3 heteroatoms. The van der Waals surface area contributed by atoms with Crippen molar-refractivity contribution in [1.82, 2.24) is 4.98 Å². The van der Waals surface area contributed by atoms with Crippen molar-refractivity contribution < 1.29 is 0 Å². The fourth-order valence-corrected chi connectivity index (χ4v) is 2.66. The van der Waals surface area contributed by atoms with Crippen LogP contribution in [0.25, 0.3) is 0 Å². The summed E-state index contributed by atoms with van der Waals surface area (Å²) >= 11 is 5.15. The molecule has 0 aliphatic rings. The van der Waals surface area contributed by atoms with Crippen LogP contribution in [-0.2, 0) is 6.42 Å². The van der Waals surface area contributed by atoms with Crippen LogP contribution in [0.3, 0.4) is 0 Å². The fraction of sp³-hybridized carbons (Fsp3) is 0.625. The van der Waals surface area contributed by atoms with Crippen molar-refractivity contribution in [1.29, 1.82) is 0 Å². The summed E-state index contributed by atoms with van der Waals surface area (Å²) in [6, 6.07) is 0. The van der Waals surface area contributed by atoms with Crippen LogP contribution >= 0.6 is 27.3 Å². The van der Waals surface area contributed by atoms with Gasteiger partial charge in [0.2, 0.25) is 0 Å². The highest BCUT2D eigenvalue weighted by atomic mass is 79.9. The van der Waals surface area contributed by atoms with E-state index in [1.165, 1.54) is 10.6 Å². The van der Waals surface area contributed by atoms with E-state index >= 15 is 0 Å². The molecule has 1 nitrogen and oxygen atoms in total. The Morgan fingerprint density at radius 1 is 1.55 bits per heavy atom. The first-order valence-electron chi connectivity index (χ1n) is 3.80. The maximum Gasteiger partial charge on any atom is 0.159 e. The number of aromatic nitrogens is 1. The largest absolute Gasteiger partial charge is 0.234 e. The molecular weight excluding hydrogens is 222 g/mol. The first-order valence-corrected chi connectivity index (χ1v) is 5.41. The lowest BCUT2D eigenvalue weighted by atomic mass is 10.1. The van der Waals surface area contributed by atoms with E-state index in [0.29, 0.717) is 5.92 Å². The molecular formula is C8H12BrNS. The number of hydrogen-bond acceptors (Lipinski definition) is 2. The number of hydrogen-bond donors (Lipinski definition) is 0. The molecule has 0 amide bonds. The van der Waals surface area contributed by atoms with Crippen molar-refractivity contribution in [2.45, 2.75) is 33.1 Å². The zero-order valence-corrected chi connectivity index (χ0v) is 9.42. The smallest absolute Gasteiger partial charge is 0.159 e. The molecule has 1 heterocycles. The molecule has 0 unspecified atom stereocenters. The maximum absolute atomic E-state index is 4.39. The van der Waals surface area contributed by atoms with Crippen LogP contribution in [0, 0.1) is 0 Å². The average molecular weight is 234 g/mol. The summed E-state index contributed by atoms with van der Waals surface area (Å²) < 4.78 is 1.01. The Labute approximate surface area is 80.0 Å². The second-order valence-electron chi connectivity index (χ2n) is 2.79. The highest BCUT2D eigenvalue weighted by Crippen LogP contribution is 2.29. The third kappa shape index (κ3) is 2.03. The van der Waals surface area contributed by atoms with Gasteiger partial charge in [-0.2, -0.15) is 0 Å². The van der Waals surface area contributed by atoms with Gasteiger partial charge in [0, 0.05) is 4.88 Å². The van der Waals surface area contributed by atoms with E-state index in [2.05, 4.69) is 41.7 Å². The van der Waals surface area contributed by atoms with Gasteiger partial charge in [0.1, 0.15) is 0 Å². The SMILES string of the molecule is CCc1nc(Br)sc1C(C)C. The van der Waals surface area contributed by atoms with Gasteiger partial charge in [0.25, 0.3) is 0 Å². The summed E-state index contributed by atoms with van der Waals surface area (Å²) in [5.41, 5.74) is 1.25. The molecule has 0 aliphatic carbocycles. The van der Waals surface area contributed by atoms with Crippen molar-refractivity contribution >= 4 is 27.3 Å². The summed E-state index contributed by atoms with van der Waals surface area (Å²) in [4.78, 5) is 5.80. The average Bonchev–Trinajstić information content (AvgIpc) is 2.30. The Bertz CT molecular complexity index is 242. The predicted molar refractivity (Wildman–Crippen MR) is 53.3 cm³/mol. The minimum absolute atomic E-state index is 0.605. The summed E-state index contributed by atoms with van der Waals surface area (Å²) in [6.45, 7) is 6.56. The number of halogens is 1. The van der Waals surface area contributed by atoms with E-state index < -0.39 is 0 Å². The lowest BCUT2D eigenvalue weighted by molar-refractivity contribution is 0.855. The molecule has 0 saturated carbocycles. The molecule has 1 rings (SSSR count). The van der Waals surface area contributed by atoms with E-state index in [9.17, 15) is 0 Å². The van der Waals surface area contributed by atoms with Gasteiger partial charge in [-0.3, -0.25) is 0 Å². The lowest BCUT2D eigenvalue weighted by Gasteiger charge is -2.01. The predicted octanol–water partition coefficient (Wildman–Crippen LogP) is 3.59. The minimum Gasteiger partial charge on any atom is -0.234 e. The molecule has 0 radical (unpaired) electrons. The van der Waals surface area contributed by atoms with Gasteiger partial charge in [0.05, 0.1) is 5.69 Å². The molecule has 0 atom stereocenters. The molecule has 0 saturated heterocycles. The van der Waals surface area contributed by atoms with Crippen LogP contribution in [0.2, 0.25) is 0 Å². The van der Waals surface area contributed by atoms with Crippen LogP contribution in [0.4, 0.5) is 0 Å². The van der Waals surface area contributed by atoms with Crippen LogP contribution in [0.15, 0.2) is 3.92 Å². The molecule has 1 aromatic rings. The highest BCUT2D eigenvalue weighted by Gasteiger charge is 2.10. The molecule has 0 bridgehead atoms. The molecule has 0 spiro atoms. The van der Waals surface area contributed by atoms with Gasteiger partial charge in [-0.05, 0) is 28.3 Å². The number of aryl methyl sites for hydroxylation is 1. The standard InChI is InChI=1S/C8H12BrNS/c1-4-6-7(5(2)3)11-8(9)10-6/h5H,4H2,1-3H3. The zero-order chi connectivity index (χ0) is 8.43. The Balaban J connectivity index is 3.02. The van der Waals surface area contributed by atoms with Crippen molar-refractivity contribution in [2.75, 3.05) is 0 Å². The van der Waals surface area contributed by atoms with Gasteiger partial charge in [-0.25, -0.2) is 4.98 Å². The normalized spacial score (nSPS) is 11.0. The fourth-order valence-electron chi connectivity index (χ4n) is 1.04. The Morgan fingerprint density at radius 3 is 2.55 bits per heavy atom. The number of nitrogens with zero attached hydrogens (tertiary/aromatic N) is 1. The van der Waals surface area contributed by atoms with Gasteiger partial charge < -0.3 is 0 Å². The molecule has 1 aromatic heterocycles. The van der Waals surface area contributed by atoms with Gasteiger partial charge in [0.15, 0.2) is 3.92 Å². The van der Waals surface area contributed by atoms with Crippen LogP contribution < -0.4 is 0 Å². The quantitative estimate of drug-likeness (QED) is 0.761. The summed E-state index contributed by atoms with van der Waals surface area (Å²) in [5, 5.41) is 0. The topological polar surface area (TPSA) is 12.9 Å². The van der Waals surface area contributed by atoms with Crippen LogP contribution in [0.5, 0.6) is 0 Å². The Hall–Kier alpha value is 0.110. The van der Waals surface area contributed by atoms with Crippen molar-refractivity contribution in [3.8, 4) is 0 Å². The van der Waals surface area contributed by atoms with E-state index in [4.69, 9.17) is 0 Å². The van der Waals surface area contributed by atoms with E-state index in [-0.39, 0.29) is 0 Å². The van der Waals surface area contributed by atoms with Gasteiger partial charge in [-0.15, -0.1) is 11.3 Å². The lowest BCUT2D eigenvalue weighted by Crippen LogP contribution is -1.89. The van der Waals surface area contributed by atoms with Crippen LogP contribution in [-0.4, -0.2) is 4.98 Å². The van der Waals surface area contributed by atoms with Crippen LogP contribution in [0.1, 0.15) is 37.3 Å². The Morgan fingerprint density at radius 2 is 2.18 bits per heavy atom. The Kier molecular flexibility index (Phi) is 3.07. The highest BCUT2D eigenvalue weighted by molar-refractivity contribution is 9.11. The second-order valence-corrected chi connectivity index (χ2v) is 5.09. The summed E-state index contributed by atoms with van der Waals surface area (Å²) in [7, 11) is 0. The second kappa shape index (κ2) is 3.68. The summed E-state index contributed by atoms with van der Waals surface area (Å²) in [6.07, 6.45) is 1.04. The molecule has 11 heavy (non-hydrogen) atoms. The van der Waals surface area contributed by atoms with Gasteiger partial charge >= 0.3 is 0 Å². The van der Waals surface area contributed by atoms with Gasteiger partial charge in [-0.1, -0.05) is 20.8 Å². The van der Waals surface area contributed by atoms with Crippen molar-refractivity contribution in [2.24, 2.45) is 0 Å². The molecule has 0 N–H and O–H groups in total. The maximum atomic E-state index is 4.39. The first-order chi connectivity index (χ1) is 5.15. The number of rotatable bonds is 2. The first kappa shape index (κ1) is 9.20. The minimum atomic E-state index is 0.605. The van der Waals surface area contributed by atoms with Crippen molar-refractivity contribution in [3.63, 3.8) is 0 Å². The van der Waals surface area contributed by atoms with E-state index in [1.54, 1.807) is 11.3 Å². The summed E-state index contributed by atoms with van der Waals surface area (Å²) in [5.74, 6) is 0.605. The van der Waals surface area contributed by atoms with Crippen molar-refractivity contribution in [3.05, 3.63) is 14.5 Å². The molecule has 0 aliphatic heterocycles. The molecule has 0 fully saturated rings. The monoisotopic (exact) mass is 233 g/mol.